The molecule has 2 rings (SSSR count). The van der Waals surface area contributed by atoms with Crippen molar-refractivity contribution in [1.29, 1.82) is 0 Å². The number of carboxylic acid groups (broad SMARTS) is 1. The van der Waals surface area contributed by atoms with Gasteiger partial charge in [0.15, 0.2) is 5.16 Å². The first-order valence-corrected chi connectivity index (χ1v) is 6.17. The molecular formula is C11H11N3O2S. The Morgan fingerprint density at radius 2 is 2.29 bits per heavy atom. The van der Waals surface area contributed by atoms with Crippen LogP contribution in [0.2, 0.25) is 0 Å². The zero-order valence-corrected chi connectivity index (χ0v) is 10.0. The van der Waals surface area contributed by atoms with Crippen molar-refractivity contribution in [3.05, 3.63) is 42.0 Å². The lowest BCUT2D eigenvalue weighted by molar-refractivity contribution is 0.0684. The molecule has 6 heteroatoms. The first kappa shape index (κ1) is 11.7. The first-order valence-electron chi connectivity index (χ1n) is 4.95. The van der Waals surface area contributed by atoms with Gasteiger partial charge in [-0.1, -0.05) is 17.8 Å². The molecule has 0 spiro atoms. The summed E-state index contributed by atoms with van der Waals surface area (Å²) < 4.78 is 1.65. The molecule has 0 saturated heterocycles. The minimum absolute atomic E-state index is 0.181. The third-order valence-corrected chi connectivity index (χ3v) is 2.96. The molecule has 2 aromatic heterocycles. The molecule has 1 N–H and O–H groups in total. The van der Waals surface area contributed by atoms with E-state index in [1.807, 2.05) is 24.5 Å². The van der Waals surface area contributed by atoms with Crippen LogP contribution in [0.4, 0.5) is 0 Å². The fraction of sp³-hybridized carbons (Fsp3) is 0.182. The molecule has 0 aromatic carbocycles. The van der Waals surface area contributed by atoms with E-state index in [1.54, 1.807) is 10.8 Å². The number of rotatable bonds is 4. The van der Waals surface area contributed by atoms with Crippen LogP contribution in [-0.4, -0.2) is 31.9 Å². The maximum Gasteiger partial charge on any atom is 0.354 e. The van der Waals surface area contributed by atoms with Gasteiger partial charge in [0.1, 0.15) is 5.69 Å². The monoisotopic (exact) mass is 249 g/mol. The molecule has 0 bridgehead atoms. The Morgan fingerprint density at radius 3 is 2.88 bits per heavy atom. The van der Waals surface area contributed by atoms with Crippen LogP contribution in [0.1, 0.15) is 16.2 Å². The predicted octanol–water partition coefficient (Wildman–Crippen LogP) is 1.75. The van der Waals surface area contributed by atoms with E-state index >= 15 is 0 Å². The number of aromatic nitrogens is 3. The van der Waals surface area contributed by atoms with Gasteiger partial charge in [0.2, 0.25) is 0 Å². The van der Waals surface area contributed by atoms with E-state index in [-0.39, 0.29) is 5.69 Å². The molecular weight excluding hydrogens is 238 g/mol. The third kappa shape index (κ3) is 2.47. The van der Waals surface area contributed by atoms with E-state index in [2.05, 4.69) is 9.97 Å². The van der Waals surface area contributed by atoms with Crippen LogP contribution < -0.4 is 0 Å². The Labute approximate surface area is 103 Å². The number of thioether (sulfide) groups is 1. The number of aromatic carboxylic acids is 1. The molecule has 17 heavy (non-hydrogen) atoms. The second-order valence-corrected chi connectivity index (χ2v) is 4.12. The van der Waals surface area contributed by atoms with Gasteiger partial charge in [-0.15, -0.1) is 0 Å². The van der Waals surface area contributed by atoms with Crippen LogP contribution in [0.5, 0.6) is 0 Å². The van der Waals surface area contributed by atoms with Crippen molar-refractivity contribution < 1.29 is 9.90 Å². The highest BCUT2D eigenvalue weighted by Gasteiger charge is 2.15. The van der Waals surface area contributed by atoms with Crippen LogP contribution >= 0.6 is 11.8 Å². The Balaban J connectivity index is 2.37. The average Bonchev–Trinajstić information content (AvgIpc) is 2.73. The Kier molecular flexibility index (Phi) is 3.43. The van der Waals surface area contributed by atoms with Gasteiger partial charge < -0.3 is 9.67 Å². The molecule has 0 aliphatic heterocycles. The lowest BCUT2D eigenvalue weighted by Gasteiger charge is -2.07. The summed E-state index contributed by atoms with van der Waals surface area (Å²) in [7, 11) is 0. The summed E-state index contributed by atoms with van der Waals surface area (Å²) in [5, 5.41) is 9.74. The quantitative estimate of drug-likeness (QED) is 0.836. The molecule has 2 heterocycles. The minimum atomic E-state index is -0.978. The normalized spacial score (nSPS) is 10.4. The molecule has 0 atom stereocenters. The number of nitrogens with zero attached hydrogens (tertiary/aromatic N) is 3. The molecule has 0 radical (unpaired) electrons. The zero-order valence-electron chi connectivity index (χ0n) is 9.20. The molecule has 0 saturated carbocycles. The Bertz CT molecular complexity index is 525. The summed E-state index contributed by atoms with van der Waals surface area (Å²) in [6.07, 6.45) is 4.92. The van der Waals surface area contributed by atoms with Gasteiger partial charge in [0, 0.05) is 6.20 Å². The van der Waals surface area contributed by atoms with Gasteiger partial charge >= 0.3 is 5.97 Å². The highest BCUT2D eigenvalue weighted by Crippen LogP contribution is 2.17. The van der Waals surface area contributed by atoms with Crippen molar-refractivity contribution >= 4 is 17.7 Å². The van der Waals surface area contributed by atoms with Crippen LogP contribution in [0, 0.1) is 0 Å². The average molecular weight is 249 g/mol. The van der Waals surface area contributed by atoms with E-state index in [4.69, 9.17) is 5.11 Å². The molecule has 0 fully saturated rings. The van der Waals surface area contributed by atoms with Crippen molar-refractivity contribution in [2.24, 2.45) is 0 Å². The van der Waals surface area contributed by atoms with E-state index in [0.717, 1.165) is 5.69 Å². The van der Waals surface area contributed by atoms with Crippen molar-refractivity contribution in [3.63, 3.8) is 0 Å². The zero-order chi connectivity index (χ0) is 12.3. The van der Waals surface area contributed by atoms with Gasteiger partial charge in [-0.3, -0.25) is 4.98 Å². The van der Waals surface area contributed by atoms with E-state index in [1.165, 1.54) is 18.0 Å². The van der Waals surface area contributed by atoms with E-state index < -0.39 is 5.97 Å². The van der Waals surface area contributed by atoms with Crippen LogP contribution in [0.25, 0.3) is 0 Å². The summed E-state index contributed by atoms with van der Waals surface area (Å²) >= 11 is 1.41. The lowest BCUT2D eigenvalue weighted by atomic mass is 10.3. The topological polar surface area (TPSA) is 68.0 Å². The molecule has 88 valence electrons. The van der Waals surface area contributed by atoms with Crippen molar-refractivity contribution in [3.8, 4) is 0 Å². The smallest absolute Gasteiger partial charge is 0.354 e. The van der Waals surface area contributed by atoms with Crippen molar-refractivity contribution in [2.45, 2.75) is 11.7 Å². The highest BCUT2D eigenvalue weighted by molar-refractivity contribution is 7.98. The number of carbonyl (C=O) groups is 1. The second-order valence-electron chi connectivity index (χ2n) is 3.34. The van der Waals surface area contributed by atoms with Gasteiger partial charge in [-0.25, -0.2) is 9.78 Å². The molecule has 0 unspecified atom stereocenters. The summed E-state index contributed by atoms with van der Waals surface area (Å²) in [6.45, 7) is 0.415. The fourth-order valence-corrected chi connectivity index (χ4v) is 2.04. The van der Waals surface area contributed by atoms with E-state index in [9.17, 15) is 4.79 Å². The summed E-state index contributed by atoms with van der Waals surface area (Å²) in [6, 6.07) is 5.55. The molecule has 5 nitrogen and oxygen atoms in total. The number of imidazole rings is 1. The number of hydrogen-bond donors (Lipinski definition) is 1. The standard InChI is InChI=1S/C11H11N3O2S/c1-17-11-13-6-9(10(15)16)14(11)7-8-4-2-3-5-12-8/h2-6H,7H2,1H3,(H,15,16). The molecule has 0 aliphatic carbocycles. The number of hydrogen-bond acceptors (Lipinski definition) is 4. The predicted molar refractivity (Wildman–Crippen MR) is 64.3 cm³/mol. The number of carboxylic acids is 1. The largest absolute Gasteiger partial charge is 0.477 e. The Hall–Kier alpha value is -1.82. The number of pyridine rings is 1. The molecule has 0 amide bonds. The lowest BCUT2D eigenvalue weighted by Crippen LogP contribution is -2.11. The SMILES string of the molecule is CSc1ncc(C(=O)O)n1Cc1ccccn1. The Morgan fingerprint density at radius 1 is 1.47 bits per heavy atom. The maximum absolute atomic E-state index is 11.1. The summed E-state index contributed by atoms with van der Waals surface area (Å²) in [5.41, 5.74) is 0.989. The minimum Gasteiger partial charge on any atom is -0.477 e. The second kappa shape index (κ2) is 5.01. The summed E-state index contributed by atoms with van der Waals surface area (Å²) in [4.78, 5) is 19.3. The molecule has 2 aromatic rings. The van der Waals surface area contributed by atoms with Crippen molar-refractivity contribution in [2.75, 3.05) is 6.26 Å². The van der Waals surface area contributed by atoms with Gasteiger partial charge in [-0.2, -0.15) is 0 Å². The summed E-state index contributed by atoms with van der Waals surface area (Å²) in [5.74, 6) is -0.978. The van der Waals surface area contributed by atoms with Gasteiger partial charge in [-0.05, 0) is 18.4 Å². The third-order valence-electron chi connectivity index (χ3n) is 2.27. The first-order chi connectivity index (χ1) is 8.22. The van der Waals surface area contributed by atoms with E-state index in [0.29, 0.717) is 11.7 Å². The highest BCUT2D eigenvalue weighted by atomic mass is 32.2. The van der Waals surface area contributed by atoms with Gasteiger partial charge in [0.05, 0.1) is 18.4 Å². The van der Waals surface area contributed by atoms with Crippen LogP contribution in [0.3, 0.4) is 0 Å². The maximum atomic E-state index is 11.1. The fourth-order valence-electron chi connectivity index (χ4n) is 1.50. The molecule has 0 aliphatic rings. The van der Waals surface area contributed by atoms with Crippen molar-refractivity contribution in [1.82, 2.24) is 14.5 Å². The van der Waals surface area contributed by atoms with Crippen LogP contribution in [0.15, 0.2) is 35.7 Å². The van der Waals surface area contributed by atoms with Crippen LogP contribution in [-0.2, 0) is 6.54 Å². The van der Waals surface area contributed by atoms with Gasteiger partial charge in [0.25, 0.3) is 0 Å².